The Morgan fingerprint density at radius 3 is 3.06 bits per heavy atom. The van der Waals surface area contributed by atoms with Crippen LogP contribution >= 0.6 is 23.3 Å². The fourth-order valence-electron chi connectivity index (χ4n) is 1.16. The number of esters is 1. The number of nitrogens with zero attached hydrogens (tertiary/aromatic N) is 4. The number of hydrogen-bond donors (Lipinski definition) is 0. The molecule has 0 unspecified atom stereocenters. The van der Waals surface area contributed by atoms with Gasteiger partial charge in [0.1, 0.15) is 22.7 Å². The lowest BCUT2D eigenvalue weighted by atomic mass is 10.3. The standard InChI is InChI=1S/C10H10N4O2S2/c1-3-7-13-10(18-14-7)17-8-6(9(15)16-2)4-11-5-12-8/h4-5H,3H2,1-2H3. The quantitative estimate of drug-likeness (QED) is 0.625. The molecule has 0 aliphatic heterocycles. The topological polar surface area (TPSA) is 77.9 Å². The average Bonchev–Trinajstić information content (AvgIpc) is 2.86. The number of rotatable bonds is 4. The third-order valence-electron chi connectivity index (χ3n) is 2.03. The molecule has 0 aliphatic carbocycles. The van der Waals surface area contributed by atoms with Crippen LogP contribution in [0.3, 0.4) is 0 Å². The van der Waals surface area contributed by atoms with E-state index in [9.17, 15) is 4.79 Å². The molecule has 0 N–H and O–H groups in total. The summed E-state index contributed by atoms with van der Waals surface area (Å²) in [5, 5.41) is 0.524. The van der Waals surface area contributed by atoms with E-state index in [4.69, 9.17) is 0 Å². The second kappa shape index (κ2) is 5.87. The first-order valence-corrected chi connectivity index (χ1v) is 6.72. The van der Waals surface area contributed by atoms with Crippen LogP contribution in [-0.2, 0) is 11.2 Å². The molecular formula is C10H10N4O2S2. The minimum Gasteiger partial charge on any atom is -0.465 e. The first kappa shape index (κ1) is 12.9. The van der Waals surface area contributed by atoms with Crippen molar-refractivity contribution in [2.45, 2.75) is 22.7 Å². The van der Waals surface area contributed by atoms with Crippen molar-refractivity contribution in [3.8, 4) is 0 Å². The van der Waals surface area contributed by atoms with E-state index < -0.39 is 5.97 Å². The molecule has 0 amide bonds. The van der Waals surface area contributed by atoms with E-state index >= 15 is 0 Å². The first-order chi connectivity index (χ1) is 8.74. The lowest BCUT2D eigenvalue weighted by Crippen LogP contribution is -2.05. The molecule has 0 aliphatic rings. The molecule has 0 bridgehead atoms. The molecule has 0 aromatic carbocycles. The van der Waals surface area contributed by atoms with Crippen molar-refractivity contribution in [2.24, 2.45) is 0 Å². The Kier molecular flexibility index (Phi) is 4.21. The average molecular weight is 282 g/mol. The predicted molar refractivity (Wildman–Crippen MR) is 66.8 cm³/mol. The van der Waals surface area contributed by atoms with Gasteiger partial charge in [0.15, 0.2) is 4.34 Å². The minimum atomic E-state index is -0.460. The predicted octanol–water partition coefficient (Wildman–Crippen LogP) is 1.83. The Hall–Kier alpha value is -1.54. The molecule has 0 spiro atoms. The Morgan fingerprint density at radius 1 is 1.56 bits per heavy atom. The monoisotopic (exact) mass is 282 g/mol. The Labute approximate surface area is 112 Å². The molecule has 0 radical (unpaired) electrons. The van der Waals surface area contributed by atoms with Crippen LogP contribution in [0.5, 0.6) is 0 Å². The molecule has 94 valence electrons. The van der Waals surface area contributed by atoms with Gasteiger partial charge in [0.25, 0.3) is 0 Å². The summed E-state index contributed by atoms with van der Waals surface area (Å²) >= 11 is 2.57. The van der Waals surface area contributed by atoms with Gasteiger partial charge in [-0.1, -0.05) is 6.92 Å². The van der Waals surface area contributed by atoms with E-state index in [1.807, 2.05) is 6.92 Å². The number of carbonyl (C=O) groups excluding carboxylic acids is 1. The van der Waals surface area contributed by atoms with Crippen LogP contribution in [0, 0.1) is 0 Å². The van der Waals surface area contributed by atoms with E-state index in [1.54, 1.807) is 0 Å². The van der Waals surface area contributed by atoms with E-state index in [2.05, 4.69) is 24.1 Å². The highest BCUT2D eigenvalue weighted by molar-refractivity contribution is 8.01. The van der Waals surface area contributed by atoms with Crippen LogP contribution < -0.4 is 0 Å². The van der Waals surface area contributed by atoms with Gasteiger partial charge >= 0.3 is 5.97 Å². The molecule has 0 fully saturated rings. The van der Waals surface area contributed by atoms with Gasteiger partial charge in [-0.2, -0.15) is 4.37 Å². The number of methoxy groups -OCH3 is 1. The maximum Gasteiger partial charge on any atom is 0.342 e. The second-order valence-electron chi connectivity index (χ2n) is 3.17. The highest BCUT2D eigenvalue weighted by Gasteiger charge is 2.16. The lowest BCUT2D eigenvalue weighted by molar-refractivity contribution is 0.0595. The van der Waals surface area contributed by atoms with Gasteiger partial charge in [-0.15, -0.1) is 0 Å². The van der Waals surface area contributed by atoms with Gasteiger partial charge in [0, 0.05) is 12.6 Å². The van der Waals surface area contributed by atoms with E-state index in [-0.39, 0.29) is 0 Å². The van der Waals surface area contributed by atoms with Crippen LogP contribution in [0.2, 0.25) is 0 Å². The number of hydrogen-bond acceptors (Lipinski definition) is 8. The van der Waals surface area contributed by atoms with E-state index in [1.165, 1.54) is 42.9 Å². The lowest BCUT2D eigenvalue weighted by Gasteiger charge is -2.02. The van der Waals surface area contributed by atoms with Gasteiger partial charge in [-0.25, -0.2) is 19.7 Å². The third-order valence-corrected chi connectivity index (χ3v) is 3.84. The van der Waals surface area contributed by atoms with Crippen molar-refractivity contribution in [1.82, 2.24) is 19.3 Å². The second-order valence-corrected chi connectivity index (χ2v) is 5.15. The molecule has 2 aromatic heterocycles. The Bertz CT molecular complexity index is 558. The number of ether oxygens (including phenoxy) is 1. The maximum atomic E-state index is 11.5. The first-order valence-electron chi connectivity index (χ1n) is 5.13. The molecule has 2 aromatic rings. The molecule has 8 heteroatoms. The van der Waals surface area contributed by atoms with Gasteiger partial charge in [0.2, 0.25) is 0 Å². The number of aromatic nitrogens is 4. The third kappa shape index (κ3) is 2.82. The zero-order valence-electron chi connectivity index (χ0n) is 9.78. The van der Waals surface area contributed by atoms with Crippen molar-refractivity contribution < 1.29 is 9.53 Å². The summed E-state index contributed by atoms with van der Waals surface area (Å²) in [6, 6.07) is 0. The zero-order valence-corrected chi connectivity index (χ0v) is 11.4. The van der Waals surface area contributed by atoms with Crippen molar-refractivity contribution in [2.75, 3.05) is 7.11 Å². The summed E-state index contributed by atoms with van der Waals surface area (Å²) in [5.74, 6) is 0.328. The fourth-order valence-corrected chi connectivity index (χ4v) is 2.81. The summed E-state index contributed by atoms with van der Waals surface area (Å²) in [4.78, 5) is 23.7. The van der Waals surface area contributed by atoms with Gasteiger partial charge in [-0.3, -0.25) is 0 Å². The zero-order chi connectivity index (χ0) is 13.0. The summed E-state index contributed by atoms with van der Waals surface area (Å²) in [6.45, 7) is 1.99. The molecule has 6 nitrogen and oxygen atoms in total. The summed E-state index contributed by atoms with van der Waals surface area (Å²) in [5.41, 5.74) is 0.332. The smallest absolute Gasteiger partial charge is 0.342 e. The van der Waals surface area contributed by atoms with E-state index in [0.29, 0.717) is 10.6 Å². The summed E-state index contributed by atoms with van der Waals surface area (Å²) < 4.78 is 9.60. The molecule has 0 atom stereocenters. The molecule has 2 heterocycles. The summed E-state index contributed by atoms with van der Waals surface area (Å²) in [7, 11) is 1.32. The van der Waals surface area contributed by atoms with Crippen molar-refractivity contribution in [3.63, 3.8) is 0 Å². The molecule has 0 saturated carbocycles. The number of aryl methyl sites for hydroxylation is 1. The Morgan fingerprint density at radius 2 is 2.39 bits per heavy atom. The molecule has 2 rings (SSSR count). The summed E-state index contributed by atoms with van der Waals surface area (Å²) in [6.07, 6.45) is 3.60. The van der Waals surface area contributed by atoms with Crippen LogP contribution in [0.25, 0.3) is 0 Å². The SMILES string of the molecule is CCc1nsc(Sc2ncncc2C(=O)OC)n1. The van der Waals surface area contributed by atoms with Crippen LogP contribution in [-0.4, -0.2) is 32.4 Å². The van der Waals surface area contributed by atoms with Crippen molar-refractivity contribution in [3.05, 3.63) is 23.9 Å². The molecule has 18 heavy (non-hydrogen) atoms. The van der Waals surface area contributed by atoms with Gasteiger partial charge in [-0.05, 0) is 23.3 Å². The Balaban J connectivity index is 2.25. The molecular weight excluding hydrogens is 272 g/mol. The largest absolute Gasteiger partial charge is 0.465 e. The van der Waals surface area contributed by atoms with Gasteiger partial charge < -0.3 is 4.74 Å². The maximum absolute atomic E-state index is 11.5. The van der Waals surface area contributed by atoms with Crippen LogP contribution in [0.1, 0.15) is 23.1 Å². The van der Waals surface area contributed by atoms with Gasteiger partial charge in [0.05, 0.1) is 7.11 Å². The van der Waals surface area contributed by atoms with E-state index in [0.717, 1.165) is 16.6 Å². The van der Waals surface area contributed by atoms with Crippen LogP contribution in [0.4, 0.5) is 0 Å². The van der Waals surface area contributed by atoms with Crippen LogP contribution in [0.15, 0.2) is 21.9 Å². The normalized spacial score (nSPS) is 10.3. The number of carbonyl (C=O) groups is 1. The highest BCUT2D eigenvalue weighted by Crippen LogP contribution is 2.29. The highest BCUT2D eigenvalue weighted by atomic mass is 32.2. The molecule has 0 saturated heterocycles. The fraction of sp³-hybridized carbons (Fsp3) is 0.300. The minimum absolute atomic E-state index is 0.332. The van der Waals surface area contributed by atoms with Crippen molar-refractivity contribution >= 4 is 29.3 Å². The van der Waals surface area contributed by atoms with Crippen molar-refractivity contribution in [1.29, 1.82) is 0 Å².